The van der Waals surface area contributed by atoms with Crippen LogP contribution in [0.2, 0.25) is 5.02 Å². The molecule has 0 amide bonds. The molecule has 6 heteroatoms. The van der Waals surface area contributed by atoms with Crippen molar-refractivity contribution < 1.29 is 5.21 Å². The van der Waals surface area contributed by atoms with E-state index in [0.29, 0.717) is 5.92 Å². The fourth-order valence-corrected chi connectivity index (χ4v) is 3.18. The number of rotatable bonds is 4. The molecule has 1 aromatic rings. The van der Waals surface area contributed by atoms with E-state index >= 15 is 0 Å². The van der Waals surface area contributed by atoms with Gasteiger partial charge in [0.1, 0.15) is 0 Å². The molecular formula is C14H23ClN4O. The monoisotopic (exact) mass is 298 g/mol. The Hall–Kier alpha value is -1.07. The van der Waals surface area contributed by atoms with Crippen LogP contribution in [0, 0.1) is 5.92 Å². The third kappa shape index (κ3) is 2.99. The first kappa shape index (κ1) is 15.3. The van der Waals surface area contributed by atoms with E-state index in [1.165, 1.54) is 0 Å². The molecule has 0 bridgehead atoms. The molecule has 0 radical (unpaired) electrons. The maximum absolute atomic E-state index is 9.03. The van der Waals surface area contributed by atoms with Gasteiger partial charge in [0, 0.05) is 39.0 Å². The van der Waals surface area contributed by atoms with Crippen LogP contribution < -0.4 is 0 Å². The molecule has 1 atom stereocenters. The van der Waals surface area contributed by atoms with Crippen LogP contribution in [0.15, 0.2) is 5.16 Å². The Labute approximate surface area is 125 Å². The van der Waals surface area contributed by atoms with Crippen LogP contribution in [0.5, 0.6) is 0 Å². The molecule has 1 aromatic heterocycles. The largest absolute Gasteiger partial charge is 0.411 e. The quantitative estimate of drug-likeness (QED) is 0.687. The van der Waals surface area contributed by atoms with E-state index < -0.39 is 0 Å². The lowest BCUT2D eigenvalue weighted by atomic mass is 9.93. The molecule has 0 aromatic carbocycles. The second kappa shape index (κ2) is 6.59. The lowest BCUT2D eigenvalue weighted by molar-refractivity contribution is 0.216. The second-order valence-electron chi connectivity index (χ2n) is 5.37. The fourth-order valence-electron chi connectivity index (χ4n) is 2.83. The summed E-state index contributed by atoms with van der Waals surface area (Å²) in [7, 11) is 1.95. The first-order chi connectivity index (χ1) is 9.60. The first-order valence-corrected chi connectivity index (χ1v) is 7.61. The summed E-state index contributed by atoms with van der Waals surface area (Å²) in [4.78, 5) is 2.37. The van der Waals surface area contributed by atoms with Crippen LogP contribution in [0.25, 0.3) is 0 Å². The third-order valence-electron chi connectivity index (χ3n) is 4.13. The molecule has 2 heterocycles. The number of hydrogen-bond acceptors (Lipinski definition) is 4. The molecule has 1 unspecified atom stereocenters. The van der Waals surface area contributed by atoms with Crippen LogP contribution >= 0.6 is 11.6 Å². The van der Waals surface area contributed by atoms with Crippen molar-refractivity contribution in [3.8, 4) is 0 Å². The highest BCUT2D eigenvalue weighted by molar-refractivity contribution is 6.31. The van der Waals surface area contributed by atoms with Crippen LogP contribution in [0.1, 0.15) is 38.1 Å². The van der Waals surface area contributed by atoms with Gasteiger partial charge < -0.3 is 5.21 Å². The standard InChI is InChI=1S/C14H23ClN4O/c1-4-10-8-19(7-6-12(10)17-20)9-13-14(15)11(5-2)16-18(13)3/h10,20H,4-9H2,1-3H3. The van der Waals surface area contributed by atoms with E-state index in [2.05, 4.69) is 29.0 Å². The first-order valence-electron chi connectivity index (χ1n) is 7.24. The van der Waals surface area contributed by atoms with Crippen LogP contribution in [0.3, 0.4) is 0 Å². The Bertz CT molecular complexity index is 498. The van der Waals surface area contributed by atoms with E-state index in [4.69, 9.17) is 16.8 Å². The Kier molecular flexibility index (Phi) is 5.05. The van der Waals surface area contributed by atoms with Crippen molar-refractivity contribution >= 4 is 17.3 Å². The van der Waals surface area contributed by atoms with Gasteiger partial charge in [0.2, 0.25) is 0 Å². The van der Waals surface area contributed by atoms with Gasteiger partial charge in [0.25, 0.3) is 0 Å². The highest BCUT2D eigenvalue weighted by Gasteiger charge is 2.26. The van der Waals surface area contributed by atoms with Gasteiger partial charge in [-0.05, 0) is 12.8 Å². The highest BCUT2D eigenvalue weighted by atomic mass is 35.5. The normalized spacial score (nSPS) is 22.6. The van der Waals surface area contributed by atoms with Gasteiger partial charge in [0.15, 0.2) is 0 Å². The summed E-state index contributed by atoms with van der Waals surface area (Å²) < 4.78 is 1.89. The average Bonchev–Trinajstić information content (AvgIpc) is 2.74. The van der Waals surface area contributed by atoms with Gasteiger partial charge in [-0.25, -0.2) is 0 Å². The van der Waals surface area contributed by atoms with Crippen molar-refractivity contribution in [2.24, 2.45) is 18.1 Å². The lowest BCUT2D eigenvalue weighted by Crippen LogP contribution is -2.40. The molecule has 2 rings (SSSR count). The Balaban J connectivity index is 2.10. The minimum atomic E-state index is 0.339. The van der Waals surface area contributed by atoms with E-state index in [-0.39, 0.29) is 0 Å². The van der Waals surface area contributed by atoms with Crippen molar-refractivity contribution in [3.63, 3.8) is 0 Å². The predicted octanol–water partition coefficient (Wildman–Crippen LogP) is 2.70. The third-order valence-corrected chi connectivity index (χ3v) is 4.57. The van der Waals surface area contributed by atoms with Crippen molar-refractivity contribution in [2.75, 3.05) is 13.1 Å². The Morgan fingerprint density at radius 2 is 2.20 bits per heavy atom. The number of aryl methyl sites for hydroxylation is 2. The van der Waals surface area contributed by atoms with Gasteiger partial charge in [-0.1, -0.05) is 30.6 Å². The Morgan fingerprint density at radius 1 is 1.45 bits per heavy atom. The maximum Gasteiger partial charge on any atom is 0.0863 e. The van der Waals surface area contributed by atoms with Gasteiger partial charge in [-0.2, -0.15) is 5.10 Å². The van der Waals surface area contributed by atoms with Gasteiger partial charge in [-0.15, -0.1) is 0 Å². The van der Waals surface area contributed by atoms with Crippen molar-refractivity contribution in [2.45, 2.75) is 39.7 Å². The molecule has 20 heavy (non-hydrogen) atoms. The topological polar surface area (TPSA) is 53.7 Å². The van der Waals surface area contributed by atoms with E-state index in [1.54, 1.807) is 0 Å². The number of piperidine rings is 1. The molecule has 5 nitrogen and oxygen atoms in total. The number of likely N-dealkylation sites (tertiary alicyclic amines) is 1. The molecule has 0 aliphatic carbocycles. The van der Waals surface area contributed by atoms with Gasteiger partial charge in [-0.3, -0.25) is 9.58 Å². The fraction of sp³-hybridized carbons (Fsp3) is 0.714. The average molecular weight is 299 g/mol. The zero-order valence-electron chi connectivity index (χ0n) is 12.4. The summed E-state index contributed by atoms with van der Waals surface area (Å²) in [5.41, 5.74) is 2.96. The minimum absolute atomic E-state index is 0.339. The molecule has 112 valence electrons. The van der Waals surface area contributed by atoms with Crippen LogP contribution in [-0.4, -0.2) is 38.7 Å². The molecular weight excluding hydrogens is 276 g/mol. The van der Waals surface area contributed by atoms with Crippen molar-refractivity contribution in [1.82, 2.24) is 14.7 Å². The summed E-state index contributed by atoms with van der Waals surface area (Å²) in [5.74, 6) is 0.339. The summed E-state index contributed by atoms with van der Waals surface area (Å²) >= 11 is 6.40. The molecule has 1 N–H and O–H groups in total. The summed E-state index contributed by atoms with van der Waals surface area (Å²) in [6.45, 7) is 6.82. The Morgan fingerprint density at radius 3 is 2.75 bits per heavy atom. The predicted molar refractivity (Wildman–Crippen MR) is 80.5 cm³/mol. The summed E-state index contributed by atoms with van der Waals surface area (Å²) in [5, 5.41) is 17.7. The SMILES string of the molecule is CCc1nn(C)c(CN2CCC(=NO)C(CC)C2)c1Cl. The van der Waals surface area contributed by atoms with E-state index in [0.717, 1.165) is 61.0 Å². The van der Waals surface area contributed by atoms with Gasteiger partial charge in [0.05, 0.1) is 22.1 Å². The van der Waals surface area contributed by atoms with Crippen LogP contribution in [0.4, 0.5) is 0 Å². The van der Waals surface area contributed by atoms with Crippen molar-refractivity contribution in [1.29, 1.82) is 0 Å². The molecule has 0 spiro atoms. The zero-order valence-corrected chi connectivity index (χ0v) is 13.2. The number of aromatic nitrogens is 2. The smallest absolute Gasteiger partial charge is 0.0863 e. The number of oxime groups is 1. The molecule has 1 saturated heterocycles. The number of nitrogens with zero attached hydrogens (tertiary/aromatic N) is 4. The summed E-state index contributed by atoms with van der Waals surface area (Å²) in [6, 6.07) is 0. The lowest BCUT2D eigenvalue weighted by Gasteiger charge is -2.32. The minimum Gasteiger partial charge on any atom is -0.411 e. The van der Waals surface area contributed by atoms with E-state index in [9.17, 15) is 0 Å². The highest BCUT2D eigenvalue weighted by Crippen LogP contribution is 2.25. The molecule has 1 aliphatic rings. The summed E-state index contributed by atoms with van der Waals surface area (Å²) in [6.07, 6.45) is 2.67. The zero-order chi connectivity index (χ0) is 14.7. The number of hydrogen-bond donors (Lipinski definition) is 1. The maximum atomic E-state index is 9.03. The second-order valence-corrected chi connectivity index (χ2v) is 5.74. The van der Waals surface area contributed by atoms with Crippen molar-refractivity contribution in [3.05, 3.63) is 16.4 Å². The van der Waals surface area contributed by atoms with Gasteiger partial charge >= 0.3 is 0 Å². The number of halogens is 1. The molecule has 0 saturated carbocycles. The van der Waals surface area contributed by atoms with E-state index in [1.807, 2.05) is 11.7 Å². The van der Waals surface area contributed by atoms with Crippen LogP contribution in [-0.2, 0) is 20.0 Å². The molecule has 1 aliphatic heterocycles. The molecule has 1 fully saturated rings.